The number of benzene rings is 1. The molecule has 4 rings (SSSR count). The van der Waals surface area contributed by atoms with E-state index in [9.17, 15) is 0 Å². The van der Waals surface area contributed by atoms with Crippen molar-refractivity contribution in [2.24, 2.45) is 0 Å². The minimum atomic E-state index is 0.822. The van der Waals surface area contributed by atoms with Crippen LogP contribution in [0.4, 0.5) is 0 Å². The lowest BCUT2D eigenvalue weighted by Crippen LogP contribution is -1.79. The maximum atomic E-state index is 5.19. The summed E-state index contributed by atoms with van der Waals surface area (Å²) in [5, 5.41) is 0. The fourth-order valence-corrected chi connectivity index (χ4v) is 2.33. The molecule has 3 aromatic heterocycles. The first-order chi connectivity index (χ1) is 10.4. The van der Waals surface area contributed by atoms with E-state index in [1.165, 1.54) is 0 Å². The molecule has 0 saturated heterocycles. The zero-order chi connectivity index (χ0) is 14.1. The SMILES string of the molecule is c1ccc(-c2nc(-c3ccoc3)c(-c3ccoc3)[nH]2)cc1. The van der Waals surface area contributed by atoms with Gasteiger partial charge >= 0.3 is 0 Å². The van der Waals surface area contributed by atoms with Gasteiger partial charge in [-0.2, -0.15) is 0 Å². The fourth-order valence-electron chi connectivity index (χ4n) is 2.33. The van der Waals surface area contributed by atoms with Crippen molar-refractivity contribution in [2.45, 2.75) is 0 Å². The molecule has 4 aromatic rings. The molecule has 4 nitrogen and oxygen atoms in total. The van der Waals surface area contributed by atoms with E-state index in [1.807, 2.05) is 42.5 Å². The molecule has 0 fully saturated rings. The second-order valence-electron chi connectivity index (χ2n) is 4.70. The van der Waals surface area contributed by atoms with Crippen LogP contribution in [0.25, 0.3) is 33.9 Å². The zero-order valence-electron chi connectivity index (χ0n) is 11.1. The number of aromatic nitrogens is 2. The molecule has 21 heavy (non-hydrogen) atoms. The highest BCUT2D eigenvalue weighted by molar-refractivity contribution is 5.80. The second-order valence-corrected chi connectivity index (χ2v) is 4.70. The largest absolute Gasteiger partial charge is 0.472 e. The van der Waals surface area contributed by atoms with E-state index in [0.717, 1.165) is 33.9 Å². The molecule has 0 saturated carbocycles. The number of imidazole rings is 1. The van der Waals surface area contributed by atoms with Gasteiger partial charge in [0.15, 0.2) is 0 Å². The molecular weight excluding hydrogens is 264 g/mol. The Kier molecular flexibility index (Phi) is 2.71. The van der Waals surface area contributed by atoms with E-state index >= 15 is 0 Å². The Bertz CT molecular complexity index is 777. The highest BCUT2D eigenvalue weighted by atomic mass is 16.3. The third-order valence-corrected chi connectivity index (χ3v) is 3.36. The molecule has 1 N–H and O–H groups in total. The average molecular weight is 276 g/mol. The number of hydrogen-bond acceptors (Lipinski definition) is 3. The summed E-state index contributed by atoms with van der Waals surface area (Å²) in [6.45, 7) is 0. The van der Waals surface area contributed by atoms with E-state index in [1.54, 1.807) is 25.1 Å². The third-order valence-electron chi connectivity index (χ3n) is 3.36. The van der Waals surface area contributed by atoms with Gasteiger partial charge in [-0.15, -0.1) is 0 Å². The van der Waals surface area contributed by atoms with Crippen molar-refractivity contribution in [2.75, 3.05) is 0 Å². The van der Waals surface area contributed by atoms with Crippen molar-refractivity contribution in [3.8, 4) is 33.9 Å². The van der Waals surface area contributed by atoms with E-state index < -0.39 is 0 Å². The minimum absolute atomic E-state index is 0.822. The molecule has 0 aliphatic carbocycles. The molecule has 0 bridgehead atoms. The van der Waals surface area contributed by atoms with Crippen molar-refractivity contribution in [3.63, 3.8) is 0 Å². The smallest absolute Gasteiger partial charge is 0.138 e. The molecule has 0 atom stereocenters. The van der Waals surface area contributed by atoms with Crippen LogP contribution in [-0.4, -0.2) is 9.97 Å². The number of rotatable bonds is 3. The first-order valence-corrected chi connectivity index (χ1v) is 6.62. The first-order valence-electron chi connectivity index (χ1n) is 6.62. The highest BCUT2D eigenvalue weighted by Gasteiger charge is 2.16. The summed E-state index contributed by atoms with van der Waals surface area (Å²) in [5.74, 6) is 0.822. The van der Waals surface area contributed by atoms with Gasteiger partial charge < -0.3 is 13.8 Å². The number of nitrogens with zero attached hydrogens (tertiary/aromatic N) is 1. The van der Waals surface area contributed by atoms with Crippen molar-refractivity contribution in [1.82, 2.24) is 9.97 Å². The molecule has 0 amide bonds. The summed E-state index contributed by atoms with van der Waals surface area (Å²) in [6, 6.07) is 13.8. The predicted molar refractivity (Wildman–Crippen MR) is 79.4 cm³/mol. The summed E-state index contributed by atoms with van der Waals surface area (Å²) in [4.78, 5) is 8.10. The molecule has 0 spiro atoms. The Morgan fingerprint density at radius 3 is 2.14 bits per heavy atom. The van der Waals surface area contributed by atoms with Gasteiger partial charge in [0.1, 0.15) is 11.5 Å². The van der Waals surface area contributed by atoms with Gasteiger partial charge in [-0.05, 0) is 12.1 Å². The van der Waals surface area contributed by atoms with Crippen LogP contribution in [-0.2, 0) is 0 Å². The highest BCUT2D eigenvalue weighted by Crippen LogP contribution is 2.33. The Morgan fingerprint density at radius 1 is 0.762 bits per heavy atom. The topological polar surface area (TPSA) is 55.0 Å². The van der Waals surface area contributed by atoms with Crippen LogP contribution in [0.3, 0.4) is 0 Å². The lowest BCUT2D eigenvalue weighted by molar-refractivity contribution is 0.567. The summed E-state index contributed by atoms with van der Waals surface area (Å²) in [5.41, 5.74) is 4.70. The monoisotopic (exact) mass is 276 g/mol. The molecule has 102 valence electrons. The minimum Gasteiger partial charge on any atom is -0.472 e. The molecule has 0 unspecified atom stereocenters. The lowest BCUT2D eigenvalue weighted by atomic mass is 10.1. The van der Waals surface area contributed by atoms with Crippen LogP contribution in [0, 0.1) is 0 Å². The van der Waals surface area contributed by atoms with Crippen LogP contribution >= 0.6 is 0 Å². The summed E-state index contributed by atoms with van der Waals surface area (Å²) >= 11 is 0. The van der Waals surface area contributed by atoms with Crippen molar-refractivity contribution in [3.05, 3.63) is 67.5 Å². The summed E-state index contributed by atoms with van der Waals surface area (Å²) in [6.07, 6.45) is 6.68. The summed E-state index contributed by atoms with van der Waals surface area (Å²) < 4.78 is 10.4. The molecule has 0 aliphatic rings. The van der Waals surface area contributed by atoms with E-state index in [2.05, 4.69) is 4.98 Å². The van der Waals surface area contributed by atoms with Crippen LogP contribution < -0.4 is 0 Å². The third kappa shape index (κ3) is 2.07. The number of hydrogen-bond donors (Lipinski definition) is 1. The number of furan rings is 2. The van der Waals surface area contributed by atoms with Crippen LogP contribution in [0.15, 0.2) is 76.4 Å². The van der Waals surface area contributed by atoms with Gasteiger partial charge in [-0.25, -0.2) is 4.98 Å². The van der Waals surface area contributed by atoms with E-state index in [4.69, 9.17) is 13.8 Å². The van der Waals surface area contributed by atoms with Gasteiger partial charge in [-0.1, -0.05) is 30.3 Å². The Balaban J connectivity index is 1.91. The van der Waals surface area contributed by atoms with Gasteiger partial charge in [0, 0.05) is 16.7 Å². The number of aromatic amines is 1. The number of H-pyrrole nitrogens is 1. The van der Waals surface area contributed by atoms with Gasteiger partial charge in [-0.3, -0.25) is 0 Å². The maximum Gasteiger partial charge on any atom is 0.138 e. The fraction of sp³-hybridized carbons (Fsp3) is 0. The molecule has 3 heterocycles. The van der Waals surface area contributed by atoms with Gasteiger partial charge in [0.2, 0.25) is 0 Å². The predicted octanol–water partition coefficient (Wildman–Crippen LogP) is 4.60. The lowest BCUT2D eigenvalue weighted by Gasteiger charge is -1.95. The molecule has 4 heteroatoms. The normalized spacial score (nSPS) is 10.9. The standard InChI is InChI=1S/C17H12N2O2/c1-2-4-12(5-3-1)17-18-15(13-6-8-20-10-13)16(19-17)14-7-9-21-11-14/h1-11H,(H,18,19). The molecular formula is C17H12N2O2. The molecule has 0 aliphatic heterocycles. The van der Waals surface area contributed by atoms with E-state index in [0.29, 0.717) is 0 Å². The van der Waals surface area contributed by atoms with Crippen molar-refractivity contribution >= 4 is 0 Å². The second kappa shape index (κ2) is 4.83. The Labute approximate surface area is 121 Å². The summed E-state index contributed by atoms with van der Waals surface area (Å²) in [7, 11) is 0. The Hall–Kier alpha value is -3.01. The van der Waals surface area contributed by atoms with Crippen molar-refractivity contribution in [1.29, 1.82) is 0 Å². The molecule has 0 radical (unpaired) electrons. The van der Waals surface area contributed by atoms with Gasteiger partial charge in [0.05, 0.1) is 30.7 Å². The van der Waals surface area contributed by atoms with Gasteiger partial charge in [0.25, 0.3) is 0 Å². The van der Waals surface area contributed by atoms with Crippen molar-refractivity contribution < 1.29 is 8.83 Å². The van der Waals surface area contributed by atoms with Crippen LogP contribution in [0.5, 0.6) is 0 Å². The van der Waals surface area contributed by atoms with Crippen LogP contribution in [0.1, 0.15) is 0 Å². The average Bonchev–Trinajstić information content (AvgIpc) is 3.27. The van der Waals surface area contributed by atoms with E-state index in [-0.39, 0.29) is 0 Å². The zero-order valence-corrected chi connectivity index (χ0v) is 11.1. The quantitative estimate of drug-likeness (QED) is 0.595. The van der Waals surface area contributed by atoms with Crippen LogP contribution in [0.2, 0.25) is 0 Å². The number of nitrogens with one attached hydrogen (secondary N) is 1. The molecule has 1 aromatic carbocycles. The first kappa shape index (κ1) is 11.8. The maximum absolute atomic E-state index is 5.19. The Morgan fingerprint density at radius 2 is 1.48 bits per heavy atom.